The van der Waals surface area contributed by atoms with Gasteiger partial charge < -0.3 is 10.2 Å². The monoisotopic (exact) mass is 164 g/mol. The van der Waals surface area contributed by atoms with Crippen LogP contribution in [0.1, 0.15) is 23.7 Å². The van der Waals surface area contributed by atoms with E-state index in [-0.39, 0.29) is 6.10 Å². The molecule has 2 N–H and O–H groups in total. The van der Waals surface area contributed by atoms with Gasteiger partial charge in [0.2, 0.25) is 0 Å². The van der Waals surface area contributed by atoms with Crippen LogP contribution in [-0.4, -0.2) is 16.3 Å². The second-order valence-corrected chi connectivity index (χ2v) is 3.31. The van der Waals surface area contributed by atoms with Crippen molar-refractivity contribution in [2.45, 2.75) is 25.0 Å². The number of fused-ring (bicyclic) bond motifs is 1. The van der Waals surface area contributed by atoms with Gasteiger partial charge in [0.1, 0.15) is 0 Å². The van der Waals surface area contributed by atoms with E-state index in [1.165, 1.54) is 0 Å². The molecule has 0 saturated heterocycles. The molecule has 0 amide bonds. The first kappa shape index (κ1) is 7.77. The second kappa shape index (κ2) is 2.88. The highest BCUT2D eigenvalue weighted by atomic mass is 16.3. The van der Waals surface area contributed by atoms with Gasteiger partial charge in [-0.1, -0.05) is 24.3 Å². The van der Waals surface area contributed by atoms with Crippen LogP contribution in [0.3, 0.4) is 0 Å². The van der Waals surface area contributed by atoms with Crippen molar-refractivity contribution in [3.63, 3.8) is 0 Å². The third-order valence-corrected chi connectivity index (χ3v) is 2.36. The number of hydrogen-bond acceptors (Lipinski definition) is 2. The van der Waals surface area contributed by atoms with Gasteiger partial charge in [-0.25, -0.2) is 0 Å². The van der Waals surface area contributed by atoms with Crippen molar-refractivity contribution in [3.05, 3.63) is 35.4 Å². The summed E-state index contributed by atoms with van der Waals surface area (Å²) in [5, 5.41) is 18.9. The quantitative estimate of drug-likeness (QED) is 0.601. The Hall–Kier alpha value is -0.860. The van der Waals surface area contributed by atoms with E-state index in [1.54, 1.807) is 0 Å². The molecule has 0 saturated carbocycles. The molecule has 2 nitrogen and oxygen atoms in total. The predicted octanol–water partition coefficient (Wildman–Crippen LogP) is 1.03. The molecule has 0 heterocycles. The van der Waals surface area contributed by atoms with Crippen LogP contribution in [0.5, 0.6) is 0 Å². The van der Waals surface area contributed by atoms with Gasteiger partial charge in [0.05, 0.1) is 12.2 Å². The Morgan fingerprint density at radius 2 is 1.92 bits per heavy atom. The topological polar surface area (TPSA) is 40.5 Å². The Balaban J connectivity index is 2.40. The highest BCUT2D eigenvalue weighted by Gasteiger charge is 2.22. The average molecular weight is 164 g/mol. The van der Waals surface area contributed by atoms with Crippen LogP contribution in [0, 0.1) is 0 Å². The molecule has 1 aromatic carbocycles. The summed E-state index contributed by atoms with van der Waals surface area (Å²) in [5.74, 6) is 0. The van der Waals surface area contributed by atoms with Gasteiger partial charge in [-0.3, -0.25) is 0 Å². The molecule has 0 fully saturated rings. The van der Waals surface area contributed by atoms with E-state index in [0.717, 1.165) is 11.1 Å². The van der Waals surface area contributed by atoms with Crippen molar-refractivity contribution < 1.29 is 10.2 Å². The fraction of sp³-hybridized carbons (Fsp3) is 0.400. The van der Waals surface area contributed by atoms with Crippen LogP contribution in [0.4, 0.5) is 0 Å². The number of benzene rings is 1. The molecule has 0 bridgehead atoms. The minimum Gasteiger partial charge on any atom is -0.393 e. The molecule has 2 unspecified atom stereocenters. The van der Waals surface area contributed by atoms with Gasteiger partial charge in [-0.2, -0.15) is 0 Å². The van der Waals surface area contributed by atoms with Crippen molar-refractivity contribution >= 4 is 0 Å². The summed E-state index contributed by atoms with van der Waals surface area (Å²) < 4.78 is 0. The SMILES string of the molecule is OC1Cc2ccccc2C(O)C1. The van der Waals surface area contributed by atoms with Gasteiger partial charge >= 0.3 is 0 Å². The summed E-state index contributed by atoms with van der Waals surface area (Å²) in [4.78, 5) is 0. The molecule has 12 heavy (non-hydrogen) atoms. The molecule has 1 aliphatic carbocycles. The summed E-state index contributed by atoms with van der Waals surface area (Å²) in [6, 6.07) is 7.73. The van der Waals surface area contributed by atoms with Crippen LogP contribution < -0.4 is 0 Å². The fourth-order valence-electron chi connectivity index (χ4n) is 1.77. The molecular weight excluding hydrogens is 152 g/mol. The maximum atomic E-state index is 9.57. The number of hydrogen-bond donors (Lipinski definition) is 2. The van der Waals surface area contributed by atoms with Gasteiger partial charge in [-0.15, -0.1) is 0 Å². The van der Waals surface area contributed by atoms with Crippen molar-refractivity contribution in [3.8, 4) is 0 Å². The average Bonchev–Trinajstić information content (AvgIpc) is 2.04. The highest BCUT2D eigenvalue weighted by Crippen LogP contribution is 2.29. The van der Waals surface area contributed by atoms with Gasteiger partial charge in [0.15, 0.2) is 0 Å². The smallest absolute Gasteiger partial charge is 0.0817 e. The van der Waals surface area contributed by atoms with E-state index < -0.39 is 6.10 Å². The van der Waals surface area contributed by atoms with E-state index >= 15 is 0 Å². The Bertz CT molecular complexity index is 283. The lowest BCUT2D eigenvalue weighted by Crippen LogP contribution is -2.22. The molecule has 0 radical (unpaired) electrons. The maximum absolute atomic E-state index is 9.57. The van der Waals surface area contributed by atoms with Crippen LogP contribution in [-0.2, 0) is 6.42 Å². The number of rotatable bonds is 0. The summed E-state index contributed by atoms with van der Waals surface area (Å²) in [7, 11) is 0. The Labute approximate surface area is 71.5 Å². The van der Waals surface area contributed by atoms with E-state index in [4.69, 9.17) is 0 Å². The molecule has 64 valence electrons. The zero-order valence-corrected chi connectivity index (χ0v) is 6.77. The normalized spacial score (nSPS) is 28.2. The summed E-state index contributed by atoms with van der Waals surface area (Å²) in [6.07, 6.45) is 0.282. The number of aliphatic hydroxyl groups excluding tert-OH is 2. The summed E-state index contributed by atoms with van der Waals surface area (Å²) in [5.41, 5.74) is 2.05. The zero-order chi connectivity index (χ0) is 8.55. The lowest BCUT2D eigenvalue weighted by atomic mass is 9.88. The molecule has 0 aromatic heterocycles. The number of aliphatic hydroxyl groups is 2. The van der Waals surface area contributed by atoms with Crippen molar-refractivity contribution in [1.29, 1.82) is 0 Å². The molecule has 2 heteroatoms. The third kappa shape index (κ3) is 1.24. The molecular formula is C10H12O2. The van der Waals surface area contributed by atoms with E-state index in [9.17, 15) is 10.2 Å². The molecule has 2 rings (SSSR count). The second-order valence-electron chi connectivity index (χ2n) is 3.31. The predicted molar refractivity (Wildman–Crippen MR) is 45.7 cm³/mol. The van der Waals surface area contributed by atoms with Gasteiger partial charge in [0.25, 0.3) is 0 Å². The summed E-state index contributed by atoms with van der Waals surface area (Å²) >= 11 is 0. The first-order valence-electron chi connectivity index (χ1n) is 4.21. The summed E-state index contributed by atoms with van der Waals surface area (Å²) in [6.45, 7) is 0. The Morgan fingerprint density at radius 1 is 1.17 bits per heavy atom. The minimum absolute atomic E-state index is 0.380. The van der Waals surface area contributed by atoms with Crippen LogP contribution in [0.2, 0.25) is 0 Å². The first-order valence-corrected chi connectivity index (χ1v) is 4.21. The van der Waals surface area contributed by atoms with E-state index in [1.807, 2.05) is 24.3 Å². The molecule has 2 atom stereocenters. The van der Waals surface area contributed by atoms with Gasteiger partial charge in [0, 0.05) is 6.42 Å². The van der Waals surface area contributed by atoms with Crippen molar-refractivity contribution in [2.24, 2.45) is 0 Å². The Morgan fingerprint density at radius 3 is 2.75 bits per heavy atom. The van der Waals surface area contributed by atoms with Crippen LogP contribution >= 0.6 is 0 Å². The lowest BCUT2D eigenvalue weighted by Gasteiger charge is -2.24. The maximum Gasteiger partial charge on any atom is 0.0817 e. The van der Waals surface area contributed by atoms with E-state index in [2.05, 4.69) is 0 Å². The van der Waals surface area contributed by atoms with Crippen LogP contribution in [0.25, 0.3) is 0 Å². The highest BCUT2D eigenvalue weighted by molar-refractivity contribution is 5.31. The molecule has 0 spiro atoms. The van der Waals surface area contributed by atoms with Crippen molar-refractivity contribution in [1.82, 2.24) is 0 Å². The zero-order valence-electron chi connectivity index (χ0n) is 6.77. The molecule has 0 aliphatic heterocycles. The Kier molecular flexibility index (Phi) is 1.87. The van der Waals surface area contributed by atoms with E-state index in [0.29, 0.717) is 12.8 Å². The standard InChI is InChI=1S/C10H12O2/c11-8-5-7-3-1-2-4-9(7)10(12)6-8/h1-4,8,10-12H,5-6H2. The van der Waals surface area contributed by atoms with Crippen LogP contribution in [0.15, 0.2) is 24.3 Å². The third-order valence-electron chi connectivity index (χ3n) is 2.36. The minimum atomic E-state index is -0.482. The molecule has 1 aromatic rings. The lowest BCUT2D eigenvalue weighted by molar-refractivity contribution is 0.0683. The molecule has 1 aliphatic rings. The van der Waals surface area contributed by atoms with Crippen molar-refractivity contribution in [2.75, 3.05) is 0 Å². The largest absolute Gasteiger partial charge is 0.393 e. The fourth-order valence-corrected chi connectivity index (χ4v) is 1.77. The first-order chi connectivity index (χ1) is 5.77. The van der Waals surface area contributed by atoms with Gasteiger partial charge in [-0.05, 0) is 17.5 Å².